The Hall–Kier alpha value is 0.650. The zero-order chi connectivity index (χ0) is 12.7. The monoisotopic (exact) mass is 424 g/mol. The lowest BCUT2D eigenvalue weighted by molar-refractivity contribution is 0.697. The highest BCUT2D eigenvalue weighted by molar-refractivity contribution is 9.11. The van der Waals surface area contributed by atoms with Crippen molar-refractivity contribution < 1.29 is 0 Å². The van der Waals surface area contributed by atoms with Crippen molar-refractivity contribution >= 4 is 66.1 Å². The Morgan fingerprint density at radius 2 is 1.83 bits per heavy atom. The molecule has 0 radical (unpaired) electrons. The first-order valence-electron chi connectivity index (χ1n) is 5.85. The third-order valence-electron chi connectivity index (χ3n) is 3.18. The molecule has 2 aromatic rings. The summed E-state index contributed by atoms with van der Waals surface area (Å²) in [5, 5.41) is 0.806. The summed E-state index contributed by atoms with van der Waals surface area (Å²) in [6.45, 7) is 0. The molecule has 0 aromatic carbocycles. The van der Waals surface area contributed by atoms with Crippen molar-refractivity contribution in [2.75, 3.05) is 0 Å². The summed E-state index contributed by atoms with van der Waals surface area (Å²) in [5.41, 5.74) is 1.56. The first kappa shape index (κ1) is 13.6. The van der Waals surface area contributed by atoms with Gasteiger partial charge in [-0.3, -0.25) is 0 Å². The maximum absolute atomic E-state index is 6.11. The van der Waals surface area contributed by atoms with Gasteiger partial charge in [0, 0.05) is 14.6 Å². The highest BCUT2D eigenvalue weighted by atomic mass is 79.9. The third kappa shape index (κ3) is 2.59. The van der Waals surface area contributed by atoms with Crippen LogP contribution in [0.25, 0.3) is 0 Å². The second-order valence-electron chi connectivity index (χ2n) is 4.44. The van der Waals surface area contributed by atoms with Crippen LogP contribution in [0.5, 0.6) is 0 Å². The fourth-order valence-electron chi connectivity index (χ4n) is 2.27. The molecule has 2 aromatic heterocycles. The normalized spacial score (nSPS) is 16.6. The average Bonchev–Trinajstić information content (AvgIpc) is 2.93. The Bertz CT molecular complexity index is 531. The Morgan fingerprint density at radius 1 is 1.11 bits per heavy atom. The van der Waals surface area contributed by atoms with Crippen LogP contribution in [0.3, 0.4) is 0 Å². The van der Waals surface area contributed by atoms with Gasteiger partial charge in [-0.1, -0.05) is 27.5 Å². The second-order valence-corrected chi connectivity index (χ2v) is 9.33. The van der Waals surface area contributed by atoms with E-state index in [2.05, 4.69) is 44.0 Å². The number of fused-ring (bicyclic) bond motifs is 1. The lowest BCUT2D eigenvalue weighted by Crippen LogP contribution is -1.96. The van der Waals surface area contributed by atoms with Gasteiger partial charge in [0.15, 0.2) is 0 Å². The molecule has 0 bridgehead atoms. The maximum atomic E-state index is 6.11. The third-order valence-corrected chi connectivity index (χ3v) is 8.61. The molecule has 5 heteroatoms. The summed E-state index contributed by atoms with van der Waals surface area (Å²) in [6, 6.07) is 4.43. The lowest BCUT2D eigenvalue weighted by Gasteiger charge is -2.08. The van der Waals surface area contributed by atoms with Gasteiger partial charge < -0.3 is 0 Å². The van der Waals surface area contributed by atoms with E-state index in [-0.39, 0.29) is 4.83 Å². The highest BCUT2D eigenvalue weighted by Gasteiger charge is 2.20. The SMILES string of the molecule is Clc1cc(C(Br)c2cc3c(s2)CCCC3)sc1Br. The smallest absolute Gasteiger partial charge is 0.0887 e. The number of rotatable bonds is 2. The minimum atomic E-state index is 0.280. The topological polar surface area (TPSA) is 0 Å². The number of hydrogen-bond donors (Lipinski definition) is 0. The van der Waals surface area contributed by atoms with Gasteiger partial charge in [-0.2, -0.15) is 0 Å². The standard InChI is InChI=1S/C13H11Br2ClS2/c14-12(11-6-8(16)13(15)18-11)10-5-7-3-1-2-4-9(7)17-10/h5-6,12H,1-4H2. The van der Waals surface area contributed by atoms with Crippen LogP contribution in [0, 0.1) is 0 Å². The van der Waals surface area contributed by atoms with E-state index < -0.39 is 0 Å². The molecule has 0 saturated carbocycles. The van der Waals surface area contributed by atoms with Crippen molar-refractivity contribution in [2.45, 2.75) is 30.5 Å². The van der Waals surface area contributed by atoms with Crippen molar-refractivity contribution in [3.8, 4) is 0 Å². The van der Waals surface area contributed by atoms with E-state index in [0.717, 1.165) is 8.81 Å². The van der Waals surface area contributed by atoms with Gasteiger partial charge in [-0.25, -0.2) is 0 Å². The van der Waals surface area contributed by atoms with Crippen molar-refractivity contribution in [2.24, 2.45) is 0 Å². The Balaban J connectivity index is 1.92. The summed E-state index contributed by atoms with van der Waals surface area (Å²) in [6.07, 6.45) is 5.19. The van der Waals surface area contributed by atoms with E-state index >= 15 is 0 Å². The predicted molar refractivity (Wildman–Crippen MR) is 88.8 cm³/mol. The van der Waals surface area contributed by atoms with Gasteiger partial charge in [0.25, 0.3) is 0 Å². The molecule has 18 heavy (non-hydrogen) atoms. The molecule has 96 valence electrons. The summed E-state index contributed by atoms with van der Waals surface area (Å²) in [4.78, 5) is 4.54. The Kier molecular flexibility index (Phi) is 4.21. The largest absolute Gasteiger partial charge is 0.144 e. The minimum Gasteiger partial charge on any atom is -0.144 e. The first-order valence-corrected chi connectivity index (χ1v) is 9.57. The molecule has 0 N–H and O–H groups in total. The molecule has 1 unspecified atom stereocenters. The van der Waals surface area contributed by atoms with Crippen LogP contribution in [-0.2, 0) is 12.8 Å². The van der Waals surface area contributed by atoms with Crippen molar-refractivity contribution in [3.63, 3.8) is 0 Å². The summed E-state index contributed by atoms with van der Waals surface area (Å²) >= 11 is 17.1. The molecular formula is C13H11Br2ClS2. The zero-order valence-electron chi connectivity index (χ0n) is 9.51. The van der Waals surface area contributed by atoms with Gasteiger partial charge in [0.05, 0.1) is 13.6 Å². The van der Waals surface area contributed by atoms with E-state index in [0.29, 0.717) is 0 Å². The molecular weight excluding hydrogens is 416 g/mol. The summed E-state index contributed by atoms with van der Waals surface area (Å²) in [7, 11) is 0. The maximum Gasteiger partial charge on any atom is 0.0887 e. The molecule has 0 spiro atoms. The van der Waals surface area contributed by atoms with Crippen LogP contribution in [0.15, 0.2) is 15.9 Å². The average molecular weight is 427 g/mol. The quantitative estimate of drug-likeness (QED) is 0.475. The summed E-state index contributed by atoms with van der Waals surface area (Å²) in [5.74, 6) is 0. The number of alkyl halides is 1. The van der Waals surface area contributed by atoms with Crippen molar-refractivity contribution in [1.29, 1.82) is 0 Å². The van der Waals surface area contributed by atoms with E-state index in [1.807, 2.05) is 11.3 Å². The molecule has 0 saturated heterocycles. The van der Waals surface area contributed by atoms with E-state index in [1.54, 1.807) is 21.8 Å². The predicted octanol–water partition coefficient (Wildman–Crippen LogP) is 6.59. The summed E-state index contributed by atoms with van der Waals surface area (Å²) < 4.78 is 1.02. The molecule has 0 aliphatic heterocycles. The van der Waals surface area contributed by atoms with Gasteiger partial charge in [-0.15, -0.1) is 22.7 Å². The zero-order valence-corrected chi connectivity index (χ0v) is 15.1. The Labute approximate surface area is 137 Å². The molecule has 0 amide bonds. The Morgan fingerprint density at radius 3 is 2.50 bits per heavy atom. The number of thiophene rings is 2. The minimum absolute atomic E-state index is 0.280. The van der Waals surface area contributed by atoms with Crippen molar-refractivity contribution in [1.82, 2.24) is 0 Å². The molecule has 1 aliphatic carbocycles. The van der Waals surface area contributed by atoms with Crippen LogP contribution < -0.4 is 0 Å². The first-order chi connectivity index (χ1) is 8.65. The lowest BCUT2D eigenvalue weighted by atomic mass is 9.99. The van der Waals surface area contributed by atoms with Crippen LogP contribution in [0.1, 0.15) is 37.9 Å². The molecule has 0 fully saturated rings. The molecule has 3 rings (SSSR count). The molecule has 0 nitrogen and oxygen atoms in total. The number of halogens is 3. The van der Waals surface area contributed by atoms with Crippen LogP contribution in [0.4, 0.5) is 0 Å². The van der Waals surface area contributed by atoms with E-state index in [4.69, 9.17) is 11.6 Å². The molecule has 2 heterocycles. The van der Waals surface area contributed by atoms with Crippen molar-refractivity contribution in [3.05, 3.63) is 41.1 Å². The number of hydrogen-bond acceptors (Lipinski definition) is 2. The molecule has 1 aliphatic rings. The fourth-order valence-corrected chi connectivity index (χ4v) is 6.17. The van der Waals surface area contributed by atoms with Crippen LogP contribution >= 0.6 is 66.1 Å². The van der Waals surface area contributed by atoms with Gasteiger partial charge in [0.2, 0.25) is 0 Å². The van der Waals surface area contributed by atoms with Crippen LogP contribution in [-0.4, -0.2) is 0 Å². The van der Waals surface area contributed by atoms with E-state index in [9.17, 15) is 0 Å². The number of aryl methyl sites for hydroxylation is 2. The van der Waals surface area contributed by atoms with Crippen LogP contribution in [0.2, 0.25) is 5.02 Å². The highest BCUT2D eigenvalue weighted by Crippen LogP contribution is 2.44. The van der Waals surface area contributed by atoms with Gasteiger partial charge >= 0.3 is 0 Å². The fraction of sp³-hybridized carbons (Fsp3) is 0.385. The van der Waals surface area contributed by atoms with Gasteiger partial charge in [-0.05, 0) is 59.3 Å². The van der Waals surface area contributed by atoms with E-state index in [1.165, 1.54) is 35.4 Å². The molecule has 1 atom stereocenters. The van der Waals surface area contributed by atoms with Gasteiger partial charge in [0.1, 0.15) is 0 Å². The second kappa shape index (κ2) is 5.57.